The van der Waals surface area contributed by atoms with Crippen molar-refractivity contribution in [2.45, 2.75) is 12.5 Å². The number of hydrogen-bond acceptors (Lipinski definition) is 2. The van der Waals surface area contributed by atoms with E-state index in [1.54, 1.807) is 0 Å². The van der Waals surface area contributed by atoms with Gasteiger partial charge >= 0.3 is 5.97 Å². The zero-order valence-corrected chi connectivity index (χ0v) is 15.8. The average molecular weight is 431 g/mol. The van der Waals surface area contributed by atoms with Gasteiger partial charge in [-0.05, 0) is 29.8 Å². The lowest BCUT2D eigenvalue weighted by Gasteiger charge is -2.25. The summed E-state index contributed by atoms with van der Waals surface area (Å²) in [5.74, 6) is -1.57. The number of aliphatic carboxylic acids is 1. The van der Waals surface area contributed by atoms with Gasteiger partial charge in [0.15, 0.2) is 0 Å². The zero-order valence-electron chi connectivity index (χ0n) is 12.7. The van der Waals surface area contributed by atoms with Crippen LogP contribution in [0.2, 0.25) is 10.0 Å². The van der Waals surface area contributed by atoms with Crippen molar-refractivity contribution < 1.29 is 14.7 Å². The average Bonchev–Trinajstić information content (AvgIpc) is 2.52. The maximum Gasteiger partial charge on any atom is 0.326 e. The maximum atomic E-state index is 12.6. The summed E-state index contributed by atoms with van der Waals surface area (Å²) < 4.78 is 0.793. The minimum absolute atomic E-state index is 0.171. The molecule has 0 radical (unpaired) electrons. The quantitative estimate of drug-likeness (QED) is 0.758. The Bertz CT molecular complexity index is 782. The third-order valence-corrected chi connectivity index (χ3v) is 4.93. The van der Waals surface area contributed by atoms with Crippen LogP contribution < -0.4 is 0 Å². The van der Waals surface area contributed by atoms with E-state index in [0.29, 0.717) is 5.02 Å². The summed E-state index contributed by atoms with van der Waals surface area (Å²) in [6.07, 6.45) is 0.171. The summed E-state index contributed by atoms with van der Waals surface area (Å²) in [5.41, 5.74) is 1.01. The van der Waals surface area contributed by atoms with Crippen LogP contribution in [0, 0.1) is 0 Å². The van der Waals surface area contributed by atoms with E-state index in [2.05, 4.69) is 15.9 Å². The van der Waals surface area contributed by atoms with Crippen molar-refractivity contribution in [2.75, 3.05) is 7.05 Å². The largest absolute Gasteiger partial charge is 0.480 e. The second-order valence-corrected chi connectivity index (χ2v) is 6.89. The topological polar surface area (TPSA) is 57.6 Å². The highest BCUT2D eigenvalue weighted by Gasteiger charge is 2.29. The molecular weight excluding hydrogens is 417 g/mol. The van der Waals surface area contributed by atoms with Gasteiger partial charge < -0.3 is 10.0 Å². The monoisotopic (exact) mass is 429 g/mol. The minimum Gasteiger partial charge on any atom is -0.480 e. The standard InChI is InChI=1S/C17H14BrCl2NO3/c1-21(16(22)12-7-6-11(19)9-14(12)20)15(17(23)24)8-10-4-2-3-5-13(10)18/h2-7,9,15H,8H2,1H3,(H,23,24). The Hall–Kier alpha value is -1.56. The molecule has 0 aliphatic rings. The van der Waals surface area contributed by atoms with Crippen LogP contribution in [0.3, 0.4) is 0 Å². The molecule has 1 unspecified atom stereocenters. The highest BCUT2D eigenvalue weighted by molar-refractivity contribution is 9.10. The van der Waals surface area contributed by atoms with Gasteiger partial charge in [0.25, 0.3) is 5.91 Å². The highest BCUT2D eigenvalue weighted by Crippen LogP contribution is 2.24. The van der Waals surface area contributed by atoms with Crippen LogP contribution in [0.15, 0.2) is 46.9 Å². The molecule has 0 fully saturated rings. The minimum atomic E-state index is -1.09. The van der Waals surface area contributed by atoms with Gasteiger partial charge in [0.05, 0.1) is 10.6 Å². The molecular formula is C17H14BrCl2NO3. The molecule has 7 heteroatoms. The predicted octanol–water partition coefficient (Wildman–Crippen LogP) is 4.52. The molecule has 0 aliphatic carbocycles. The van der Waals surface area contributed by atoms with E-state index in [1.807, 2.05) is 24.3 Å². The number of nitrogens with zero attached hydrogens (tertiary/aromatic N) is 1. The summed E-state index contributed by atoms with van der Waals surface area (Å²) in [4.78, 5) is 25.5. The molecule has 126 valence electrons. The number of carboxylic acid groups (broad SMARTS) is 1. The Kier molecular flexibility index (Phi) is 6.27. The number of halogens is 3. The molecule has 0 aliphatic heterocycles. The highest BCUT2D eigenvalue weighted by atomic mass is 79.9. The third-order valence-electron chi connectivity index (χ3n) is 3.61. The van der Waals surface area contributed by atoms with Crippen molar-refractivity contribution in [3.05, 3.63) is 68.1 Å². The Morgan fingerprint density at radius 1 is 1.21 bits per heavy atom. The van der Waals surface area contributed by atoms with Crippen molar-refractivity contribution >= 4 is 51.0 Å². The number of hydrogen-bond donors (Lipinski definition) is 1. The Morgan fingerprint density at radius 2 is 1.88 bits per heavy atom. The van der Waals surface area contributed by atoms with Crippen LogP contribution in [0.5, 0.6) is 0 Å². The van der Waals surface area contributed by atoms with Crippen LogP contribution in [0.4, 0.5) is 0 Å². The van der Waals surface area contributed by atoms with Gasteiger partial charge in [-0.25, -0.2) is 4.79 Å². The van der Waals surface area contributed by atoms with E-state index in [0.717, 1.165) is 10.0 Å². The summed E-state index contributed by atoms with van der Waals surface area (Å²) in [6.45, 7) is 0. The molecule has 0 heterocycles. The van der Waals surface area contributed by atoms with Gasteiger partial charge in [0.2, 0.25) is 0 Å². The molecule has 24 heavy (non-hydrogen) atoms. The smallest absolute Gasteiger partial charge is 0.326 e. The fourth-order valence-corrected chi connectivity index (χ4v) is 3.19. The molecule has 0 saturated heterocycles. The Balaban J connectivity index is 2.28. The second-order valence-electron chi connectivity index (χ2n) is 5.19. The summed E-state index contributed by atoms with van der Waals surface area (Å²) in [6, 6.07) is 10.7. The van der Waals surface area contributed by atoms with Crippen LogP contribution in [-0.2, 0) is 11.2 Å². The fourth-order valence-electron chi connectivity index (χ4n) is 2.26. The van der Waals surface area contributed by atoms with Gasteiger partial charge in [0, 0.05) is 23.0 Å². The number of amides is 1. The molecule has 4 nitrogen and oxygen atoms in total. The van der Waals surface area contributed by atoms with Gasteiger partial charge in [0.1, 0.15) is 6.04 Å². The Labute approximate surface area is 158 Å². The fraction of sp³-hybridized carbons (Fsp3) is 0.176. The van der Waals surface area contributed by atoms with E-state index in [-0.39, 0.29) is 17.0 Å². The lowest BCUT2D eigenvalue weighted by molar-refractivity contribution is -0.141. The van der Waals surface area contributed by atoms with Crippen molar-refractivity contribution in [3.63, 3.8) is 0 Å². The SMILES string of the molecule is CN(C(=O)c1ccc(Cl)cc1Cl)C(Cc1ccccc1Br)C(=O)O. The first-order valence-electron chi connectivity index (χ1n) is 6.99. The molecule has 1 amide bonds. The van der Waals surface area contributed by atoms with Crippen molar-refractivity contribution in [1.82, 2.24) is 4.90 Å². The van der Waals surface area contributed by atoms with Crippen LogP contribution in [-0.4, -0.2) is 35.0 Å². The molecule has 2 rings (SSSR count). The summed E-state index contributed by atoms with van der Waals surface area (Å²) in [7, 11) is 1.45. The molecule has 0 spiro atoms. The molecule has 0 bridgehead atoms. The lowest BCUT2D eigenvalue weighted by Crippen LogP contribution is -2.44. The third kappa shape index (κ3) is 4.29. The van der Waals surface area contributed by atoms with Gasteiger partial charge in [-0.3, -0.25) is 4.79 Å². The van der Waals surface area contributed by atoms with E-state index in [9.17, 15) is 14.7 Å². The van der Waals surface area contributed by atoms with E-state index in [1.165, 1.54) is 30.1 Å². The predicted molar refractivity (Wildman–Crippen MR) is 97.8 cm³/mol. The number of carbonyl (C=O) groups excluding carboxylic acids is 1. The second kappa shape index (κ2) is 8.01. The summed E-state index contributed by atoms with van der Waals surface area (Å²) in [5, 5.41) is 10.1. The van der Waals surface area contributed by atoms with Gasteiger partial charge in [-0.2, -0.15) is 0 Å². The number of carbonyl (C=O) groups is 2. The first-order chi connectivity index (χ1) is 11.3. The van der Waals surface area contributed by atoms with Crippen LogP contribution in [0.1, 0.15) is 15.9 Å². The van der Waals surface area contributed by atoms with Crippen LogP contribution in [0.25, 0.3) is 0 Å². The lowest BCUT2D eigenvalue weighted by atomic mass is 10.0. The van der Waals surface area contributed by atoms with Gasteiger partial charge in [-0.1, -0.05) is 57.3 Å². The van der Waals surface area contributed by atoms with Crippen LogP contribution >= 0.6 is 39.1 Å². The number of carboxylic acids is 1. The van der Waals surface area contributed by atoms with E-state index in [4.69, 9.17) is 23.2 Å². The molecule has 0 saturated carbocycles. The van der Waals surface area contributed by atoms with E-state index < -0.39 is 17.9 Å². The molecule has 2 aromatic rings. The van der Waals surface area contributed by atoms with Crippen molar-refractivity contribution in [2.24, 2.45) is 0 Å². The Morgan fingerprint density at radius 3 is 2.46 bits per heavy atom. The molecule has 1 atom stereocenters. The molecule has 1 N–H and O–H groups in total. The first kappa shape index (κ1) is 18.8. The van der Waals surface area contributed by atoms with Gasteiger partial charge in [-0.15, -0.1) is 0 Å². The summed E-state index contributed by atoms with van der Waals surface area (Å²) >= 11 is 15.3. The first-order valence-corrected chi connectivity index (χ1v) is 8.54. The van der Waals surface area contributed by atoms with Crippen molar-refractivity contribution in [3.8, 4) is 0 Å². The molecule has 2 aromatic carbocycles. The number of benzene rings is 2. The van der Waals surface area contributed by atoms with E-state index >= 15 is 0 Å². The van der Waals surface area contributed by atoms with Crippen molar-refractivity contribution in [1.29, 1.82) is 0 Å². The normalized spacial score (nSPS) is 11.8. The maximum absolute atomic E-state index is 12.6. The number of likely N-dealkylation sites (N-methyl/N-ethyl adjacent to an activating group) is 1. The number of rotatable bonds is 5. The zero-order chi connectivity index (χ0) is 17.9. The molecule has 0 aromatic heterocycles.